The van der Waals surface area contributed by atoms with E-state index in [1.165, 1.54) is 21.2 Å². The normalized spacial score (nSPS) is 16.0. The fraction of sp³-hybridized carbons (Fsp3) is 0.345. The monoisotopic (exact) mass is 471 g/mol. The van der Waals surface area contributed by atoms with Gasteiger partial charge in [0.05, 0.1) is 0 Å². The van der Waals surface area contributed by atoms with Crippen molar-refractivity contribution in [2.75, 3.05) is 40.3 Å². The topological polar surface area (TPSA) is 68.8 Å². The number of carbonyl (C=O) groups is 1. The van der Waals surface area contributed by atoms with Gasteiger partial charge in [0.2, 0.25) is 0 Å². The van der Waals surface area contributed by atoms with Crippen molar-refractivity contribution in [3.8, 4) is 5.75 Å². The maximum absolute atomic E-state index is 12.3. The molecular formula is C29H33N3O3. The zero-order chi connectivity index (χ0) is 24.4. The Kier molecular flexibility index (Phi) is 6.75. The van der Waals surface area contributed by atoms with E-state index in [0.717, 1.165) is 36.8 Å². The highest BCUT2D eigenvalue weighted by molar-refractivity contribution is 5.99. The van der Waals surface area contributed by atoms with Gasteiger partial charge < -0.3 is 24.6 Å². The maximum Gasteiger partial charge on any atom is 0.269 e. The van der Waals surface area contributed by atoms with E-state index in [2.05, 4.69) is 52.3 Å². The van der Waals surface area contributed by atoms with Crippen LogP contribution in [0.5, 0.6) is 5.75 Å². The lowest BCUT2D eigenvalue weighted by Gasteiger charge is -2.33. The molecule has 1 fully saturated rings. The Morgan fingerprint density at radius 2 is 1.83 bits per heavy atom. The predicted molar refractivity (Wildman–Crippen MR) is 140 cm³/mol. The zero-order valence-corrected chi connectivity index (χ0v) is 20.4. The second-order valence-corrected chi connectivity index (χ2v) is 9.75. The molecule has 0 unspecified atom stereocenters. The molecule has 1 aliphatic heterocycles. The third-order valence-electron chi connectivity index (χ3n) is 6.99. The number of β-amino-alcohol motifs (C(OH)–C–C–N with tert-alkyl or cyclic N) is 1. The van der Waals surface area contributed by atoms with Crippen LogP contribution in [0.1, 0.15) is 34.8 Å². The van der Waals surface area contributed by atoms with E-state index in [4.69, 9.17) is 4.74 Å². The quantitative estimate of drug-likeness (QED) is 0.412. The summed E-state index contributed by atoms with van der Waals surface area (Å²) in [5.74, 6) is 1.15. The van der Waals surface area contributed by atoms with Crippen molar-refractivity contribution in [1.82, 2.24) is 14.8 Å². The molecule has 1 atom stereocenters. The van der Waals surface area contributed by atoms with Crippen LogP contribution in [-0.2, 0) is 0 Å². The first-order valence-corrected chi connectivity index (χ1v) is 12.3. The first-order valence-electron chi connectivity index (χ1n) is 12.3. The fourth-order valence-corrected chi connectivity index (χ4v) is 5.06. The molecule has 0 aliphatic carbocycles. The van der Waals surface area contributed by atoms with Gasteiger partial charge in [0.1, 0.15) is 24.2 Å². The lowest BCUT2D eigenvalue weighted by molar-refractivity contribution is 0.0599. The molecule has 6 heteroatoms. The molecule has 0 bridgehead atoms. The number of nitrogens with one attached hydrogen (secondary N) is 1. The standard InChI is InChI=1S/C29H33N3O3/c1-31(2)29(34)27-17-25-26(30-27)8-5-9-28(25)35-19-24(33)18-32-14-12-21(13-15-32)23-11-10-20-6-3-4-7-22(20)16-23/h3-11,16-17,21,24,30,33H,12-15,18-19H2,1-2H3/t24-/m0/s1. The summed E-state index contributed by atoms with van der Waals surface area (Å²) in [6.07, 6.45) is 1.61. The van der Waals surface area contributed by atoms with E-state index in [9.17, 15) is 9.90 Å². The number of rotatable bonds is 7. The van der Waals surface area contributed by atoms with Gasteiger partial charge in [0.25, 0.3) is 5.91 Å². The number of hydrogen-bond acceptors (Lipinski definition) is 4. The van der Waals surface area contributed by atoms with Crippen LogP contribution in [0.2, 0.25) is 0 Å². The Hall–Kier alpha value is -3.35. The SMILES string of the molecule is CN(C)C(=O)c1cc2c(OC[C@@H](O)CN3CCC(c4ccc5ccccc5c4)CC3)cccc2[nH]1. The van der Waals surface area contributed by atoms with Gasteiger partial charge in [-0.05, 0) is 66.4 Å². The van der Waals surface area contributed by atoms with Crippen molar-refractivity contribution in [2.24, 2.45) is 0 Å². The van der Waals surface area contributed by atoms with Crippen molar-refractivity contribution in [1.29, 1.82) is 0 Å². The number of likely N-dealkylation sites (tertiary alicyclic amines) is 1. The molecule has 6 nitrogen and oxygen atoms in total. The van der Waals surface area contributed by atoms with Crippen LogP contribution in [0.15, 0.2) is 66.7 Å². The number of aliphatic hydroxyl groups is 1. The van der Waals surface area contributed by atoms with Gasteiger partial charge in [-0.25, -0.2) is 0 Å². The summed E-state index contributed by atoms with van der Waals surface area (Å²) in [5, 5.41) is 14.1. The highest BCUT2D eigenvalue weighted by Crippen LogP contribution is 2.31. The largest absolute Gasteiger partial charge is 0.490 e. The molecular weight excluding hydrogens is 438 g/mol. The minimum atomic E-state index is -0.579. The summed E-state index contributed by atoms with van der Waals surface area (Å²) in [6, 6.07) is 22.8. The molecule has 1 aliphatic rings. The van der Waals surface area contributed by atoms with Gasteiger partial charge in [-0.1, -0.05) is 48.5 Å². The number of aliphatic hydroxyl groups excluding tert-OH is 1. The molecule has 4 aromatic rings. The number of aromatic nitrogens is 1. The van der Waals surface area contributed by atoms with Crippen molar-refractivity contribution in [2.45, 2.75) is 24.9 Å². The van der Waals surface area contributed by atoms with Crippen LogP contribution >= 0.6 is 0 Å². The average Bonchev–Trinajstić information content (AvgIpc) is 3.32. The van der Waals surface area contributed by atoms with Crippen molar-refractivity contribution >= 4 is 27.6 Å². The van der Waals surface area contributed by atoms with Gasteiger partial charge in [-0.15, -0.1) is 0 Å². The van der Waals surface area contributed by atoms with Crippen molar-refractivity contribution in [3.05, 3.63) is 78.0 Å². The average molecular weight is 472 g/mol. The van der Waals surface area contributed by atoms with E-state index in [0.29, 0.717) is 23.9 Å². The Morgan fingerprint density at radius 3 is 2.60 bits per heavy atom. The number of carbonyl (C=O) groups excluding carboxylic acids is 1. The number of ether oxygens (including phenoxy) is 1. The van der Waals surface area contributed by atoms with Crippen molar-refractivity contribution < 1.29 is 14.6 Å². The summed E-state index contributed by atoms with van der Waals surface area (Å²) in [7, 11) is 3.46. The predicted octanol–water partition coefficient (Wildman–Crippen LogP) is 4.64. The number of aromatic amines is 1. The molecule has 0 radical (unpaired) electrons. The molecule has 1 aromatic heterocycles. The first kappa shape index (κ1) is 23.4. The van der Waals surface area contributed by atoms with Gasteiger partial charge in [-0.2, -0.15) is 0 Å². The number of nitrogens with zero attached hydrogens (tertiary/aromatic N) is 2. The Labute approximate surface area is 206 Å². The van der Waals surface area contributed by atoms with E-state index >= 15 is 0 Å². The minimum Gasteiger partial charge on any atom is -0.490 e. The number of fused-ring (bicyclic) bond motifs is 2. The van der Waals surface area contributed by atoms with Crippen LogP contribution in [0.3, 0.4) is 0 Å². The van der Waals surface area contributed by atoms with Gasteiger partial charge in [0.15, 0.2) is 0 Å². The number of hydrogen-bond donors (Lipinski definition) is 2. The Bertz CT molecular complexity index is 1320. The Morgan fingerprint density at radius 1 is 1.06 bits per heavy atom. The third kappa shape index (κ3) is 5.19. The lowest BCUT2D eigenvalue weighted by atomic mass is 9.88. The highest BCUT2D eigenvalue weighted by atomic mass is 16.5. The lowest BCUT2D eigenvalue weighted by Crippen LogP contribution is -2.40. The molecule has 1 saturated heterocycles. The molecule has 182 valence electrons. The minimum absolute atomic E-state index is 0.0840. The maximum atomic E-state index is 12.3. The second kappa shape index (κ2) is 10.1. The number of amides is 1. The zero-order valence-electron chi connectivity index (χ0n) is 20.4. The van der Waals surface area contributed by atoms with E-state index in [1.807, 2.05) is 24.3 Å². The highest BCUT2D eigenvalue weighted by Gasteiger charge is 2.23. The molecule has 5 rings (SSSR count). The van der Waals surface area contributed by atoms with Crippen LogP contribution in [0.25, 0.3) is 21.7 Å². The van der Waals surface area contributed by atoms with Gasteiger partial charge in [-0.3, -0.25) is 4.79 Å². The molecule has 0 spiro atoms. The number of piperidine rings is 1. The first-order chi connectivity index (χ1) is 17.0. The summed E-state index contributed by atoms with van der Waals surface area (Å²) < 4.78 is 5.99. The van der Waals surface area contributed by atoms with E-state index in [-0.39, 0.29) is 12.5 Å². The van der Waals surface area contributed by atoms with Gasteiger partial charge in [0, 0.05) is 31.5 Å². The Balaban J connectivity index is 1.15. The van der Waals surface area contributed by atoms with E-state index in [1.54, 1.807) is 14.1 Å². The molecule has 35 heavy (non-hydrogen) atoms. The fourth-order valence-electron chi connectivity index (χ4n) is 5.06. The second-order valence-electron chi connectivity index (χ2n) is 9.75. The van der Waals surface area contributed by atoms with Crippen LogP contribution in [0.4, 0.5) is 0 Å². The van der Waals surface area contributed by atoms with Gasteiger partial charge >= 0.3 is 0 Å². The summed E-state index contributed by atoms with van der Waals surface area (Å²) in [4.78, 5) is 19.3. The summed E-state index contributed by atoms with van der Waals surface area (Å²) in [6.45, 7) is 2.75. The van der Waals surface area contributed by atoms with Crippen molar-refractivity contribution in [3.63, 3.8) is 0 Å². The molecule has 0 saturated carbocycles. The molecule has 3 aromatic carbocycles. The molecule has 2 heterocycles. The molecule has 1 amide bonds. The van der Waals surface area contributed by atoms with Crippen LogP contribution < -0.4 is 4.74 Å². The van der Waals surface area contributed by atoms with Crippen LogP contribution in [0, 0.1) is 0 Å². The molecule has 2 N–H and O–H groups in total. The van der Waals surface area contributed by atoms with Crippen LogP contribution in [-0.4, -0.2) is 72.2 Å². The third-order valence-corrected chi connectivity index (χ3v) is 6.99. The number of H-pyrrole nitrogens is 1. The van der Waals surface area contributed by atoms with E-state index < -0.39 is 6.10 Å². The summed E-state index contributed by atoms with van der Waals surface area (Å²) in [5.41, 5.74) is 2.78. The summed E-state index contributed by atoms with van der Waals surface area (Å²) >= 11 is 0. The smallest absolute Gasteiger partial charge is 0.269 e. The number of benzene rings is 3.